The lowest BCUT2D eigenvalue weighted by Crippen LogP contribution is -2.20. The van der Waals surface area contributed by atoms with Crippen molar-refractivity contribution in [3.63, 3.8) is 0 Å². The van der Waals surface area contributed by atoms with Crippen molar-refractivity contribution in [1.82, 2.24) is 0 Å². The van der Waals surface area contributed by atoms with E-state index in [4.69, 9.17) is 9.15 Å². The molecule has 0 fully saturated rings. The molecule has 1 atom stereocenters. The Hall–Kier alpha value is -2.30. The van der Waals surface area contributed by atoms with Gasteiger partial charge in [0.1, 0.15) is 11.3 Å². The van der Waals surface area contributed by atoms with Gasteiger partial charge in [-0.1, -0.05) is 33.1 Å². The van der Waals surface area contributed by atoms with E-state index in [0.717, 1.165) is 25.7 Å². The van der Waals surface area contributed by atoms with Gasteiger partial charge in [0, 0.05) is 11.5 Å². The smallest absolute Gasteiger partial charge is 0.379 e. The first-order valence-electron chi connectivity index (χ1n) is 7.50. The highest BCUT2D eigenvalue weighted by molar-refractivity contribution is 5.80. The van der Waals surface area contributed by atoms with Crippen LogP contribution in [0, 0.1) is 5.92 Å². The van der Waals surface area contributed by atoms with Gasteiger partial charge in [-0.3, -0.25) is 4.79 Å². The summed E-state index contributed by atoms with van der Waals surface area (Å²) in [6.45, 7) is 3.89. The molecule has 0 radical (unpaired) electrons. The topological polar surface area (TPSA) is 76.7 Å². The number of carbonyl (C=O) groups is 1. The first kappa shape index (κ1) is 16.1. The van der Waals surface area contributed by atoms with Crippen molar-refractivity contribution in [2.24, 2.45) is 5.92 Å². The van der Waals surface area contributed by atoms with Crippen LogP contribution in [0.15, 0.2) is 33.5 Å². The average molecular weight is 304 g/mol. The maximum absolute atomic E-state index is 12.0. The Labute approximate surface area is 128 Å². The molecule has 2 rings (SSSR count). The molecular formula is C17H20O5. The van der Waals surface area contributed by atoms with Crippen LogP contribution in [0.2, 0.25) is 0 Å². The summed E-state index contributed by atoms with van der Waals surface area (Å²) in [7, 11) is 0. The molecule has 2 aromatic rings. The van der Waals surface area contributed by atoms with Gasteiger partial charge in [-0.2, -0.15) is 0 Å². The van der Waals surface area contributed by atoms with Crippen LogP contribution in [0.5, 0.6) is 11.5 Å². The minimum absolute atomic E-state index is 0.00458. The third-order valence-electron chi connectivity index (χ3n) is 3.54. The number of benzene rings is 1. The number of esters is 1. The van der Waals surface area contributed by atoms with Gasteiger partial charge in [0.05, 0.1) is 5.92 Å². The molecule has 22 heavy (non-hydrogen) atoms. The summed E-state index contributed by atoms with van der Waals surface area (Å²) >= 11 is 0. The molecule has 5 nitrogen and oxygen atoms in total. The normalized spacial score (nSPS) is 12.3. The zero-order valence-corrected chi connectivity index (χ0v) is 12.8. The first-order chi connectivity index (χ1) is 10.5. The van der Waals surface area contributed by atoms with Gasteiger partial charge < -0.3 is 14.3 Å². The zero-order valence-electron chi connectivity index (χ0n) is 12.8. The second-order valence-electron chi connectivity index (χ2n) is 5.44. The van der Waals surface area contributed by atoms with Gasteiger partial charge in [-0.25, -0.2) is 4.79 Å². The largest absolute Gasteiger partial charge is 0.508 e. The predicted molar refractivity (Wildman–Crippen MR) is 83.1 cm³/mol. The van der Waals surface area contributed by atoms with Crippen molar-refractivity contribution < 1.29 is 19.1 Å². The molecule has 0 aliphatic rings. The van der Waals surface area contributed by atoms with E-state index in [0.29, 0.717) is 5.39 Å². The van der Waals surface area contributed by atoms with Crippen molar-refractivity contribution in [2.75, 3.05) is 0 Å². The summed E-state index contributed by atoms with van der Waals surface area (Å²) in [6.07, 6.45) is 3.85. The van der Waals surface area contributed by atoms with E-state index in [1.807, 2.05) is 0 Å². The van der Waals surface area contributed by atoms with Crippen LogP contribution < -0.4 is 10.4 Å². The fourth-order valence-electron chi connectivity index (χ4n) is 2.18. The van der Waals surface area contributed by atoms with Crippen LogP contribution in [-0.4, -0.2) is 11.1 Å². The second kappa shape index (κ2) is 7.11. The van der Waals surface area contributed by atoms with Gasteiger partial charge in [0.25, 0.3) is 0 Å². The van der Waals surface area contributed by atoms with Gasteiger partial charge in [-0.15, -0.1) is 0 Å². The molecule has 1 aromatic carbocycles. The number of fused-ring (bicyclic) bond motifs is 1. The van der Waals surface area contributed by atoms with Crippen molar-refractivity contribution in [1.29, 1.82) is 0 Å². The molecular weight excluding hydrogens is 284 g/mol. The Bertz CT molecular complexity index is 717. The highest BCUT2D eigenvalue weighted by atomic mass is 16.5. The van der Waals surface area contributed by atoms with Crippen LogP contribution in [-0.2, 0) is 4.79 Å². The van der Waals surface area contributed by atoms with E-state index in [1.54, 1.807) is 13.0 Å². The first-order valence-corrected chi connectivity index (χ1v) is 7.50. The summed E-state index contributed by atoms with van der Waals surface area (Å²) in [4.78, 5) is 23.8. The van der Waals surface area contributed by atoms with Gasteiger partial charge >= 0.3 is 11.6 Å². The fraction of sp³-hybridized carbons (Fsp3) is 0.412. The van der Waals surface area contributed by atoms with Crippen LogP contribution in [0.25, 0.3) is 11.0 Å². The number of rotatable bonds is 6. The second-order valence-corrected chi connectivity index (χ2v) is 5.44. The van der Waals surface area contributed by atoms with E-state index >= 15 is 0 Å². The monoisotopic (exact) mass is 304 g/mol. The molecule has 0 bridgehead atoms. The highest BCUT2D eigenvalue weighted by Crippen LogP contribution is 2.22. The van der Waals surface area contributed by atoms with Crippen LogP contribution in [0.4, 0.5) is 0 Å². The van der Waals surface area contributed by atoms with Crippen molar-refractivity contribution in [3.05, 3.63) is 34.7 Å². The molecule has 0 aliphatic carbocycles. The summed E-state index contributed by atoms with van der Waals surface area (Å²) in [6, 6.07) is 5.86. The zero-order chi connectivity index (χ0) is 16.1. The SMILES string of the molecule is CCCCCC(C)C(=O)Oc1cc2ccc(O)cc2oc1=O. The Morgan fingerprint density at radius 2 is 2.09 bits per heavy atom. The van der Waals surface area contributed by atoms with E-state index in [9.17, 15) is 14.7 Å². The molecule has 0 aliphatic heterocycles. The number of phenolic OH excluding ortho intramolecular Hbond substituents is 1. The lowest BCUT2D eigenvalue weighted by atomic mass is 10.0. The van der Waals surface area contributed by atoms with E-state index < -0.39 is 11.6 Å². The standard InChI is InChI=1S/C17H20O5/c1-3-4-5-6-11(2)16(19)22-15-9-12-7-8-13(18)10-14(12)21-17(15)20/h7-11,18H,3-6H2,1-2H3. The lowest BCUT2D eigenvalue weighted by molar-refractivity contribution is -0.138. The molecule has 0 saturated heterocycles. The third-order valence-corrected chi connectivity index (χ3v) is 3.54. The predicted octanol–water partition coefficient (Wildman–Crippen LogP) is 3.62. The highest BCUT2D eigenvalue weighted by Gasteiger charge is 2.17. The molecule has 0 spiro atoms. The molecule has 1 heterocycles. The van der Waals surface area contributed by atoms with Crippen molar-refractivity contribution in [2.45, 2.75) is 39.5 Å². The molecule has 0 amide bonds. The lowest BCUT2D eigenvalue weighted by Gasteiger charge is -2.10. The Morgan fingerprint density at radius 1 is 1.32 bits per heavy atom. The maximum atomic E-state index is 12.0. The number of ether oxygens (including phenoxy) is 1. The molecule has 1 aromatic heterocycles. The minimum Gasteiger partial charge on any atom is -0.508 e. The number of hydrogen-bond acceptors (Lipinski definition) is 5. The molecule has 1 unspecified atom stereocenters. The Kier molecular flexibility index (Phi) is 5.20. The fourth-order valence-corrected chi connectivity index (χ4v) is 2.18. The summed E-state index contributed by atoms with van der Waals surface area (Å²) in [5, 5.41) is 9.95. The molecule has 5 heteroatoms. The van der Waals surface area contributed by atoms with E-state index in [2.05, 4.69) is 6.92 Å². The maximum Gasteiger partial charge on any atom is 0.379 e. The van der Waals surface area contributed by atoms with Gasteiger partial charge in [-0.05, 0) is 24.6 Å². The Balaban J connectivity index is 2.14. The van der Waals surface area contributed by atoms with Crippen LogP contribution in [0.3, 0.4) is 0 Å². The van der Waals surface area contributed by atoms with E-state index in [-0.39, 0.29) is 23.0 Å². The minimum atomic E-state index is -0.729. The van der Waals surface area contributed by atoms with E-state index in [1.165, 1.54) is 18.2 Å². The summed E-state index contributed by atoms with van der Waals surface area (Å²) < 4.78 is 10.2. The number of phenols is 1. The molecule has 118 valence electrons. The summed E-state index contributed by atoms with van der Waals surface area (Å²) in [5.74, 6) is -0.807. The molecule has 1 N–H and O–H groups in total. The molecule has 0 saturated carbocycles. The van der Waals surface area contributed by atoms with Crippen molar-refractivity contribution in [3.8, 4) is 11.5 Å². The number of unbranched alkanes of at least 4 members (excludes halogenated alkanes) is 2. The average Bonchev–Trinajstić information content (AvgIpc) is 2.48. The van der Waals surface area contributed by atoms with Gasteiger partial charge in [0.2, 0.25) is 5.75 Å². The third kappa shape index (κ3) is 3.87. The quantitative estimate of drug-likeness (QED) is 0.501. The number of aromatic hydroxyl groups is 1. The van der Waals surface area contributed by atoms with Crippen molar-refractivity contribution >= 4 is 16.9 Å². The summed E-state index contributed by atoms with van der Waals surface area (Å²) in [5.41, 5.74) is -0.479. The number of carbonyl (C=O) groups excluding carboxylic acids is 1. The van der Waals surface area contributed by atoms with Crippen LogP contribution >= 0.6 is 0 Å². The van der Waals surface area contributed by atoms with Gasteiger partial charge in [0.15, 0.2) is 0 Å². The number of hydrogen-bond donors (Lipinski definition) is 1. The Morgan fingerprint density at radius 3 is 2.82 bits per heavy atom. The van der Waals surface area contributed by atoms with Crippen LogP contribution in [0.1, 0.15) is 39.5 Å².